The highest BCUT2D eigenvalue weighted by atomic mass is 16.5. The van der Waals surface area contributed by atoms with Crippen molar-refractivity contribution in [1.82, 2.24) is 20.3 Å². The van der Waals surface area contributed by atoms with E-state index in [1.54, 1.807) is 4.68 Å². The molecule has 92 valence electrons. The molecule has 0 aliphatic rings. The van der Waals surface area contributed by atoms with E-state index in [-0.39, 0.29) is 0 Å². The molecule has 2 heterocycles. The van der Waals surface area contributed by atoms with Gasteiger partial charge in [0.1, 0.15) is 0 Å². The summed E-state index contributed by atoms with van der Waals surface area (Å²) in [5, 5.41) is 11.1. The minimum absolute atomic E-state index is 0.357. The first kappa shape index (κ1) is 11.7. The summed E-state index contributed by atoms with van der Waals surface area (Å²) < 4.78 is 12.4. The molecule has 6 nitrogen and oxygen atoms in total. The molecule has 0 bridgehead atoms. The number of hydrogen-bond acceptors (Lipinski definition) is 5. The van der Waals surface area contributed by atoms with Crippen molar-refractivity contribution in [2.45, 2.75) is 20.1 Å². The summed E-state index contributed by atoms with van der Waals surface area (Å²) in [6.07, 6.45) is 0. The predicted molar refractivity (Wildman–Crippen MR) is 61.5 cm³/mol. The lowest BCUT2D eigenvalue weighted by molar-refractivity contribution is 0.232. The van der Waals surface area contributed by atoms with Crippen molar-refractivity contribution < 1.29 is 9.26 Å². The first-order valence-corrected chi connectivity index (χ1v) is 5.41. The van der Waals surface area contributed by atoms with Crippen molar-refractivity contribution >= 4 is 0 Å². The molecule has 0 saturated heterocycles. The molecule has 6 heteroatoms. The molecule has 2 aromatic heterocycles. The van der Waals surface area contributed by atoms with E-state index < -0.39 is 0 Å². The average Bonchev–Trinajstić information content (AvgIpc) is 2.83. The van der Waals surface area contributed by atoms with Crippen molar-refractivity contribution in [2.24, 2.45) is 7.05 Å². The second kappa shape index (κ2) is 5.01. The largest absolute Gasteiger partial charge is 0.470 e. The van der Waals surface area contributed by atoms with Crippen LogP contribution in [0.4, 0.5) is 0 Å². The number of aromatic nitrogens is 3. The Morgan fingerprint density at radius 1 is 1.47 bits per heavy atom. The SMILES string of the molecule is CNCc1cc(COc2cc(C)nn2C)on1. The molecule has 0 spiro atoms. The molecule has 0 atom stereocenters. The van der Waals surface area contributed by atoms with Gasteiger partial charge in [-0.25, -0.2) is 4.68 Å². The van der Waals surface area contributed by atoms with Crippen LogP contribution in [0.15, 0.2) is 16.7 Å². The highest BCUT2D eigenvalue weighted by molar-refractivity contribution is 5.15. The molecule has 0 saturated carbocycles. The lowest BCUT2D eigenvalue weighted by Gasteiger charge is -2.02. The van der Waals surface area contributed by atoms with Crippen LogP contribution in [0.3, 0.4) is 0 Å². The molecule has 0 amide bonds. The second-order valence-corrected chi connectivity index (χ2v) is 3.85. The average molecular weight is 236 g/mol. The van der Waals surface area contributed by atoms with E-state index >= 15 is 0 Å². The molecular weight excluding hydrogens is 220 g/mol. The molecule has 17 heavy (non-hydrogen) atoms. The standard InChI is InChI=1S/C11H16N4O2/c1-8-4-11(15(3)13-8)16-7-10-5-9(6-12-2)14-17-10/h4-5,12H,6-7H2,1-3H3. The van der Waals surface area contributed by atoms with Crippen LogP contribution in [0.2, 0.25) is 0 Å². The van der Waals surface area contributed by atoms with Crippen LogP contribution in [-0.4, -0.2) is 22.0 Å². The zero-order valence-corrected chi connectivity index (χ0v) is 10.2. The molecule has 2 rings (SSSR count). The Balaban J connectivity index is 1.95. The van der Waals surface area contributed by atoms with Gasteiger partial charge in [0.15, 0.2) is 12.4 Å². The highest BCUT2D eigenvalue weighted by Gasteiger charge is 2.07. The van der Waals surface area contributed by atoms with Gasteiger partial charge in [0, 0.05) is 25.7 Å². The molecular formula is C11H16N4O2. The fourth-order valence-corrected chi connectivity index (χ4v) is 1.56. The van der Waals surface area contributed by atoms with Crippen molar-refractivity contribution in [2.75, 3.05) is 7.05 Å². The maximum Gasteiger partial charge on any atom is 0.212 e. The Hall–Kier alpha value is -1.82. The van der Waals surface area contributed by atoms with Gasteiger partial charge in [-0.05, 0) is 14.0 Å². The van der Waals surface area contributed by atoms with E-state index in [9.17, 15) is 0 Å². The summed E-state index contributed by atoms with van der Waals surface area (Å²) in [7, 11) is 3.71. The van der Waals surface area contributed by atoms with Crippen LogP contribution in [-0.2, 0) is 20.2 Å². The first-order valence-electron chi connectivity index (χ1n) is 5.41. The van der Waals surface area contributed by atoms with E-state index in [1.807, 2.05) is 33.2 Å². The van der Waals surface area contributed by atoms with E-state index in [2.05, 4.69) is 15.6 Å². The lowest BCUT2D eigenvalue weighted by atomic mass is 10.4. The van der Waals surface area contributed by atoms with Crippen molar-refractivity contribution in [3.05, 3.63) is 29.3 Å². The molecule has 0 aromatic carbocycles. The van der Waals surface area contributed by atoms with Crippen molar-refractivity contribution in [1.29, 1.82) is 0 Å². The minimum atomic E-state index is 0.357. The van der Waals surface area contributed by atoms with Gasteiger partial charge in [0.25, 0.3) is 0 Å². The van der Waals surface area contributed by atoms with Crippen LogP contribution in [0.5, 0.6) is 5.88 Å². The molecule has 0 unspecified atom stereocenters. The van der Waals surface area contributed by atoms with Crippen LogP contribution in [0, 0.1) is 6.92 Å². The molecule has 0 radical (unpaired) electrons. The summed E-state index contributed by atoms with van der Waals surface area (Å²) in [6, 6.07) is 3.75. The summed E-state index contributed by atoms with van der Waals surface area (Å²) in [5.41, 5.74) is 1.79. The zero-order chi connectivity index (χ0) is 12.3. The van der Waals surface area contributed by atoms with Gasteiger partial charge >= 0.3 is 0 Å². The van der Waals surface area contributed by atoms with Crippen molar-refractivity contribution in [3.63, 3.8) is 0 Å². The van der Waals surface area contributed by atoms with E-state index in [0.717, 1.165) is 11.4 Å². The normalized spacial score (nSPS) is 10.8. The molecule has 0 fully saturated rings. The number of ether oxygens (including phenoxy) is 1. The maximum absolute atomic E-state index is 5.58. The van der Waals surface area contributed by atoms with Gasteiger partial charge in [0.2, 0.25) is 5.88 Å². The monoisotopic (exact) mass is 236 g/mol. The van der Waals surface area contributed by atoms with Gasteiger partial charge < -0.3 is 14.6 Å². The number of rotatable bonds is 5. The summed E-state index contributed by atoms with van der Waals surface area (Å²) in [5.74, 6) is 1.42. The van der Waals surface area contributed by atoms with E-state index in [4.69, 9.17) is 9.26 Å². The maximum atomic E-state index is 5.58. The van der Waals surface area contributed by atoms with Gasteiger partial charge in [-0.1, -0.05) is 5.16 Å². The van der Waals surface area contributed by atoms with Crippen LogP contribution in [0.1, 0.15) is 17.1 Å². The lowest BCUT2D eigenvalue weighted by Crippen LogP contribution is -2.04. The van der Waals surface area contributed by atoms with Crippen molar-refractivity contribution in [3.8, 4) is 5.88 Å². The minimum Gasteiger partial charge on any atom is -0.470 e. The Kier molecular flexibility index (Phi) is 3.43. The molecule has 0 aliphatic heterocycles. The third-order valence-corrected chi connectivity index (χ3v) is 2.29. The highest BCUT2D eigenvalue weighted by Crippen LogP contribution is 2.13. The fourth-order valence-electron chi connectivity index (χ4n) is 1.56. The van der Waals surface area contributed by atoms with Crippen LogP contribution >= 0.6 is 0 Å². The fraction of sp³-hybridized carbons (Fsp3) is 0.455. The summed E-state index contributed by atoms with van der Waals surface area (Å²) in [6.45, 7) is 2.97. The first-order chi connectivity index (χ1) is 8.19. The summed E-state index contributed by atoms with van der Waals surface area (Å²) in [4.78, 5) is 0. The number of hydrogen-bond donors (Lipinski definition) is 1. The topological polar surface area (TPSA) is 65.1 Å². The summed E-state index contributed by atoms with van der Waals surface area (Å²) >= 11 is 0. The third-order valence-electron chi connectivity index (χ3n) is 2.29. The molecule has 1 N–H and O–H groups in total. The van der Waals surface area contributed by atoms with Crippen LogP contribution < -0.4 is 10.1 Å². The third kappa shape index (κ3) is 2.85. The second-order valence-electron chi connectivity index (χ2n) is 3.85. The number of aryl methyl sites for hydroxylation is 2. The van der Waals surface area contributed by atoms with Gasteiger partial charge in [-0.2, -0.15) is 5.10 Å². The van der Waals surface area contributed by atoms with Gasteiger partial charge in [-0.3, -0.25) is 0 Å². The number of nitrogens with one attached hydrogen (secondary N) is 1. The Labute approximate surface area is 99.5 Å². The Morgan fingerprint density at radius 2 is 2.29 bits per heavy atom. The molecule has 0 aliphatic carbocycles. The molecule has 2 aromatic rings. The van der Waals surface area contributed by atoms with Gasteiger partial charge in [0.05, 0.1) is 11.4 Å². The van der Waals surface area contributed by atoms with Crippen LogP contribution in [0.25, 0.3) is 0 Å². The zero-order valence-electron chi connectivity index (χ0n) is 10.2. The van der Waals surface area contributed by atoms with E-state index in [1.165, 1.54) is 0 Å². The quantitative estimate of drug-likeness (QED) is 0.839. The predicted octanol–water partition coefficient (Wildman–Crippen LogP) is 1.01. The smallest absolute Gasteiger partial charge is 0.212 e. The number of nitrogens with zero attached hydrogens (tertiary/aromatic N) is 3. The van der Waals surface area contributed by atoms with Gasteiger partial charge in [-0.15, -0.1) is 0 Å². The Bertz CT molecular complexity index is 489. The Morgan fingerprint density at radius 3 is 2.94 bits per heavy atom. The van der Waals surface area contributed by atoms with E-state index in [0.29, 0.717) is 24.8 Å².